The largest absolute Gasteiger partial charge is 0.478 e. The molecule has 9 heteroatoms. The fourth-order valence-electron chi connectivity index (χ4n) is 2.81. The van der Waals surface area contributed by atoms with Crippen molar-refractivity contribution in [2.24, 2.45) is 0 Å². The number of rotatable bonds is 4. The van der Waals surface area contributed by atoms with Crippen molar-refractivity contribution in [2.75, 3.05) is 11.1 Å². The number of anilines is 1. The number of fused-ring (bicyclic) bond motifs is 3. The highest BCUT2D eigenvalue weighted by Gasteiger charge is 2.26. The number of benzene rings is 2. The van der Waals surface area contributed by atoms with Crippen molar-refractivity contribution in [1.82, 2.24) is 15.2 Å². The molecule has 0 aliphatic carbocycles. The highest BCUT2D eigenvalue weighted by Crippen LogP contribution is 2.40. The van der Waals surface area contributed by atoms with Crippen LogP contribution < -0.4 is 10.1 Å². The Hall–Kier alpha value is -2.65. The molecule has 3 aromatic rings. The SMILES string of the molecule is CCSc1nnc2c(n1)O[C@H](c1ccc(C(=O)O)cc1)Nc1ccc(Br)cc1-2. The second-order valence-electron chi connectivity index (χ2n) is 5.94. The van der Waals surface area contributed by atoms with Gasteiger partial charge in [-0.15, -0.1) is 10.2 Å². The van der Waals surface area contributed by atoms with E-state index in [0.717, 1.165) is 27.0 Å². The minimum Gasteiger partial charge on any atom is -0.478 e. The molecule has 1 atom stereocenters. The molecule has 0 bridgehead atoms. The third-order valence-corrected chi connectivity index (χ3v) is 5.34. The van der Waals surface area contributed by atoms with Crippen LogP contribution in [0.5, 0.6) is 5.88 Å². The molecule has 0 amide bonds. The van der Waals surface area contributed by atoms with E-state index in [2.05, 4.69) is 36.4 Å². The van der Waals surface area contributed by atoms with E-state index in [-0.39, 0.29) is 5.56 Å². The summed E-state index contributed by atoms with van der Waals surface area (Å²) < 4.78 is 7.05. The fraction of sp³-hybridized carbons (Fsp3) is 0.158. The lowest BCUT2D eigenvalue weighted by Gasteiger charge is -2.19. The Bertz CT molecular complexity index is 1050. The van der Waals surface area contributed by atoms with Crippen LogP contribution in [0.25, 0.3) is 11.3 Å². The first-order valence-corrected chi connectivity index (χ1v) is 10.3. The molecule has 28 heavy (non-hydrogen) atoms. The van der Waals surface area contributed by atoms with Gasteiger partial charge in [-0.05, 0) is 36.1 Å². The van der Waals surface area contributed by atoms with Crippen LogP contribution in [-0.4, -0.2) is 32.0 Å². The molecule has 1 aromatic heterocycles. The number of carboxylic acid groups (broad SMARTS) is 1. The van der Waals surface area contributed by atoms with Crippen LogP contribution in [0.2, 0.25) is 0 Å². The Labute approximate surface area is 173 Å². The number of thioether (sulfide) groups is 1. The summed E-state index contributed by atoms with van der Waals surface area (Å²) in [6.07, 6.45) is -0.555. The Kier molecular flexibility index (Phi) is 5.19. The van der Waals surface area contributed by atoms with Gasteiger partial charge in [0.05, 0.1) is 5.56 Å². The van der Waals surface area contributed by atoms with Crippen molar-refractivity contribution < 1.29 is 14.6 Å². The van der Waals surface area contributed by atoms with E-state index in [1.54, 1.807) is 24.3 Å². The summed E-state index contributed by atoms with van der Waals surface area (Å²) in [6.45, 7) is 2.02. The van der Waals surface area contributed by atoms with Crippen molar-refractivity contribution in [3.05, 3.63) is 58.1 Å². The van der Waals surface area contributed by atoms with E-state index in [4.69, 9.17) is 9.84 Å². The van der Waals surface area contributed by atoms with Gasteiger partial charge in [0.2, 0.25) is 11.0 Å². The van der Waals surface area contributed by atoms with E-state index >= 15 is 0 Å². The van der Waals surface area contributed by atoms with Gasteiger partial charge in [-0.25, -0.2) is 4.79 Å². The number of ether oxygens (including phenoxy) is 1. The van der Waals surface area contributed by atoms with Gasteiger partial charge in [0, 0.05) is 21.3 Å². The van der Waals surface area contributed by atoms with Gasteiger partial charge >= 0.3 is 5.97 Å². The van der Waals surface area contributed by atoms with Crippen molar-refractivity contribution in [2.45, 2.75) is 18.3 Å². The topological polar surface area (TPSA) is 97.2 Å². The van der Waals surface area contributed by atoms with Crippen molar-refractivity contribution in [1.29, 1.82) is 0 Å². The first kappa shape index (κ1) is 18.7. The average Bonchev–Trinajstić information content (AvgIpc) is 2.84. The van der Waals surface area contributed by atoms with Crippen LogP contribution in [0.4, 0.5) is 5.69 Å². The fourth-order valence-corrected chi connectivity index (χ4v) is 3.68. The predicted octanol–water partition coefficient (Wildman–Crippen LogP) is 4.61. The van der Waals surface area contributed by atoms with Crippen LogP contribution in [0.3, 0.4) is 0 Å². The number of aromatic nitrogens is 3. The standard InChI is InChI=1S/C19H15BrN4O3S/c1-2-28-19-22-17-15(23-24-19)13-9-12(20)7-8-14(13)21-16(27-17)10-3-5-11(6-4-10)18(25)26/h3-9,16,21H,2H2,1H3,(H,25,26)/t16-/m1/s1. The van der Waals surface area contributed by atoms with E-state index in [0.29, 0.717) is 16.7 Å². The third kappa shape index (κ3) is 3.67. The second kappa shape index (κ2) is 7.76. The van der Waals surface area contributed by atoms with Gasteiger partial charge in [-0.3, -0.25) is 0 Å². The van der Waals surface area contributed by atoms with Crippen LogP contribution in [0.15, 0.2) is 52.1 Å². The summed E-state index contributed by atoms with van der Waals surface area (Å²) >= 11 is 4.97. The average molecular weight is 459 g/mol. The zero-order valence-corrected chi connectivity index (χ0v) is 17.1. The lowest BCUT2D eigenvalue weighted by Crippen LogP contribution is -2.17. The smallest absolute Gasteiger partial charge is 0.335 e. The van der Waals surface area contributed by atoms with Crippen LogP contribution >= 0.6 is 27.7 Å². The van der Waals surface area contributed by atoms with Gasteiger partial charge in [-0.2, -0.15) is 4.98 Å². The Balaban J connectivity index is 1.80. The zero-order valence-electron chi connectivity index (χ0n) is 14.7. The molecule has 2 aromatic carbocycles. The second-order valence-corrected chi connectivity index (χ2v) is 8.09. The summed E-state index contributed by atoms with van der Waals surface area (Å²) in [7, 11) is 0. The first-order chi connectivity index (χ1) is 13.5. The maximum Gasteiger partial charge on any atom is 0.335 e. The van der Waals surface area contributed by atoms with Crippen LogP contribution in [0, 0.1) is 0 Å². The lowest BCUT2D eigenvalue weighted by molar-refractivity contribution is 0.0696. The Morgan fingerprint density at radius 3 is 2.75 bits per heavy atom. The molecule has 0 saturated carbocycles. The minimum absolute atomic E-state index is 0.215. The molecule has 2 heterocycles. The number of hydrogen-bond donors (Lipinski definition) is 2. The molecule has 0 saturated heterocycles. The molecule has 0 unspecified atom stereocenters. The van der Waals surface area contributed by atoms with Gasteiger partial charge in [-0.1, -0.05) is 46.7 Å². The van der Waals surface area contributed by atoms with Gasteiger partial charge < -0.3 is 15.2 Å². The normalized spacial score (nSPS) is 14.9. The third-order valence-electron chi connectivity index (χ3n) is 4.12. The van der Waals surface area contributed by atoms with E-state index in [1.165, 1.54) is 11.8 Å². The number of nitrogens with one attached hydrogen (secondary N) is 1. The molecule has 0 spiro atoms. The predicted molar refractivity (Wildman–Crippen MR) is 110 cm³/mol. The van der Waals surface area contributed by atoms with Crippen LogP contribution in [-0.2, 0) is 0 Å². The summed E-state index contributed by atoms with van der Waals surface area (Å²) in [5, 5.41) is 21.5. The number of aromatic carboxylic acids is 1. The van der Waals surface area contributed by atoms with E-state index < -0.39 is 12.2 Å². The highest BCUT2D eigenvalue weighted by atomic mass is 79.9. The summed E-state index contributed by atoms with van der Waals surface area (Å²) in [4.78, 5) is 15.7. The number of hydrogen-bond acceptors (Lipinski definition) is 7. The van der Waals surface area contributed by atoms with Gasteiger partial charge in [0.1, 0.15) is 0 Å². The maximum absolute atomic E-state index is 11.1. The molecule has 7 nitrogen and oxygen atoms in total. The molecule has 142 valence electrons. The van der Waals surface area contributed by atoms with Crippen molar-refractivity contribution in [3.8, 4) is 17.1 Å². The zero-order chi connectivity index (χ0) is 19.7. The Morgan fingerprint density at radius 1 is 1.25 bits per heavy atom. The molecule has 1 aliphatic rings. The Morgan fingerprint density at radius 2 is 2.04 bits per heavy atom. The summed E-state index contributed by atoms with van der Waals surface area (Å²) in [5.74, 6) is 0.226. The molecule has 0 radical (unpaired) electrons. The minimum atomic E-state index is -0.972. The van der Waals surface area contributed by atoms with Crippen molar-refractivity contribution >= 4 is 39.3 Å². The lowest BCUT2D eigenvalue weighted by atomic mass is 10.1. The highest BCUT2D eigenvalue weighted by molar-refractivity contribution is 9.10. The molecule has 4 rings (SSSR count). The first-order valence-electron chi connectivity index (χ1n) is 8.49. The number of halogens is 1. The molecular formula is C19H15BrN4O3S. The van der Waals surface area contributed by atoms with Crippen LogP contribution in [0.1, 0.15) is 29.1 Å². The number of carboxylic acids is 1. The number of nitrogens with zero attached hydrogens (tertiary/aromatic N) is 3. The van der Waals surface area contributed by atoms with E-state index in [9.17, 15) is 4.79 Å². The summed E-state index contributed by atoms with van der Waals surface area (Å²) in [5.41, 5.74) is 3.18. The molecular weight excluding hydrogens is 444 g/mol. The summed E-state index contributed by atoms with van der Waals surface area (Å²) in [6, 6.07) is 12.3. The monoisotopic (exact) mass is 458 g/mol. The van der Waals surface area contributed by atoms with Crippen molar-refractivity contribution in [3.63, 3.8) is 0 Å². The van der Waals surface area contributed by atoms with E-state index in [1.807, 2.05) is 25.1 Å². The molecule has 0 fully saturated rings. The molecule has 2 N–H and O–H groups in total. The van der Waals surface area contributed by atoms with Gasteiger partial charge in [0.25, 0.3) is 0 Å². The molecule has 1 aliphatic heterocycles. The number of carbonyl (C=O) groups is 1. The quantitative estimate of drug-likeness (QED) is 0.546. The van der Waals surface area contributed by atoms with Gasteiger partial charge in [0.15, 0.2) is 11.9 Å². The maximum atomic E-state index is 11.1.